The topological polar surface area (TPSA) is 234 Å². The van der Waals surface area contributed by atoms with Crippen molar-refractivity contribution in [2.45, 2.75) is 50.0 Å². The normalized spacial score (nSPS) is 15.9. The molecular formula is C15H27N5O8S. The van der Waals surface area contributed by atoms with Gasteiger partial charge in [0.05, 0.1) is 12.7 Å². The van der Waals surface area contributed by atoms with E-state index in [9.17, 15) is 29.1 Å². The van der Waals surface area contributed by atoms with Crippen molar-refractivity contribution in [3.8, 4) is 0 Å². The monoisotopic (exact) mass is 437 g/mol. The number of carbonyl (C=O) groups is 5. The van der Waals surface area contributed by atoms with Crippen molar-refractivity contribution in [3.05, 3.63) is 0 Å². The summed E-state index contributed by atoms with van der Waals surface area (Å²) in [6.07, 6.45) is -1.89. The van der Waals surface area contributed by atoms with Crippen LogP contribution in [0.2, 0.25) is 0 Å². The Morgan fingerprint density at radius 1 is 1.00 bits per heavy atom. The number of amides is 4. The number of nitrogens with two attached hydrogens (primary N) is 2. The van der Waals surface area contributed by atoms with Crippen LogP contribution in [0.25, 0.3) is 0 Å². The van der Waals surface area contributed by atoms with Crippen molar-refractivity contribution in [2.24, 2.45) is 11.5 Å². The molecule has 0 saturated heterocycles. The van der Waals surface area contributed by atoms with E-state index in [1.807, 2.05) is 0 Å². The third-order valence-electron chi connectivity index (χ3n) is 3.71. The van der Waals surface area contributed by atoms with Crippen LogP contribution in [0.5, 0.6) is 0 Å². The van der Waals surface area contributed by atoms with Crippen LogP contribution in [-0.4, -0.2) is 87.5 Å². The van der Waals surface area contributed by atoms with Crippen molar-refractivity contribution < 1.29 is 39.3 Å². The van der Waals surface area contributed by atoms with E-state index in [0.29, 0.717) is 0 Å². The number of primary amides is 1. The van der Waals surface area contributed by atoms with Gasteiger partial charge in [-0.3, -0.25) is 19.2 Å². The fourth-order valence-electron chi connectivity index (χ4n) is 2.03. The van der Waals surface area contributed by atoms with Gasteiger partial charge in [0.15, 0.2) is 6.04 Å². The Balaban J connectivity index is 5.24. The van der Waals surface area contributed by atoms with Crippen molar-refractivity contribution in [2.75, 3.05) is 12.4 Å². The zero-order valence-corrected chi connectivity index (χ0v) is 16.6. The molecule has 0 aromatic heterocycles. The highest BCUT2D eigenvalue weighted by atomic mass is 32.1. The van der Waals surface area contributed by atoms with Crippen molar-refractivity contribution in [1.29, 1.82) is 0 Å². The fourth-order valence-corrected chi connectivity index (χ4v) is 2.28. The summed E-state index contributed by atoms with van der Waals surface area (Å²) in [5.74, 6) is -5.16. The molecule has 0 aromatic rings. The number of hydrogen-bond donors (Lipinski definition) is 9. The number of nitrogens with one attached hydrogen (secondary N) is 3. The molecule has 13 nitrogen and oxygen atoms in total. The van der Waals surface area contributed by atoms with Crippen LogP contribution in [0.3, 0.4) is 0 Å². The predicted octanol–water partition coefficient (Wildman–Crippen LogP) is -4.58. The Bertz CT molecular complexity index is 618. The summed E-state index contributed by atoms with van der Waals surface area (Å²) >= 11 is 3.93. The summed E-state index contributed by atoms with van der Waals surface area (Å²) in [7, 11) is 0. The molecule has 166 valence electrons. The summed E-state index contributed by atoms with van der Waals surface area (Å²) in [6.45, 7) is 0.473. The molecule has 4 amide bonds. The predicted molar refractivity (Wildman–Crippen MR) is 102 cm³/mol. The van der Waals surface area contributed by atoms with Crippen LogP contribution in [0.15, 0.2) is 0 Å². The first-order chi connectivity index (χ1) is 13.4. The van der Waals surface area contributed by atoms with Gasteiger partial charge in [0.1, 0.15) is 18.1 Å². The quantitative estimate of drug-likeness (QED) is 0.126. The standard InChI is InChI=1S/C15H27N5O8S/c1-6(22)11(15(27)28)20-14(26)9(5-29)19-13(25)8(2-3-10(17)23)18-12(24)7(16)4-21/h6-9,11,21-22,29H,2-5,16H2,1H3,(H2,17,23)(H,18,24)(H,19,25)(H,20,26)(H,27,28). The van der Waals surface area contributed by atoms with Crippen LogP contribution in [0.4, 0.5) is 0 Å². The number of aliphatic hydroxyl groups is 2. The largest absolute Gasteiger partial charge is 0.480 e. The molecule has 5 atom stereocenters. The summed E-state index contributed by atoms with van der Waals surface area (Å²) < 4.78 is 0. The van der Waals surface area contributed by atoms with Crippen LogP contribution < -0.4 is 27.4 Å². The Morgan fingerprint density at radius 2 is 1.52 bits per heavy atom. The summed E-state index contributed by atoms with van der Waals surface area (Å²) in [5, 5.41) is 33.9. The number of aliphatic carboxylic acids is 1. The van der Waals surface area contributed by atoms with E-state index in [0.717, 1.165) is 6.92 Å². The SMILES string of the molecule is CC(O)C(NC(=O)C(CS)NC(=O)C(CCC(N)=O)NC(=O)C(N)CO)C(=O)O. The Morgan fingerprint density at radius 3 is 1.93 bits per heavy atom. The number of carboxylic acids is 1. The highest BCUT2D eigenvalue weighted by Crippen LogP contribution is 2.02. The number of aliphatic hydroxyl groups excluding tert-OH is 2. The van der Waals surface area contributed by atoms with Crippen LogP contribution in [0.1, 0.15) is 19.8 Å². The number of carbonyl (C=O) groups excluding carboxylic acids is 4. The molecule has 0 fully saturated rings. The van der Waals surface area contributed by atoms with Gasteiger partial charge in [-0.15, -0.1) is 0 Å². The molecular weight excluding hydrogens is 410 g/mol. The Hall–Kier alpha value is -2.42. The van der Waals surface area contributed by atoms with E-state index in [2.05, 4.69) is 28.6 Å². The molecule has 0 heterocycles. The third-order valence-corrected chi connectivity index (χ3v) is 4.07. The zero-order chi connectivity index (χ0) is 22.7. The lowest BCUT2D eigenvalue weighted by Crippen LogP contribution is -2.59. The van der Waals surface area contributed by atoms with E-state index >= 15 is 0 Å². The lowest BCUT2D eigenvalue weighted by molar-refractivity contribution is -0.145. The highest BCUT2D eigenvalue weighted by Gasteiger charge is 2.31. The fraction of sp³-hybridized carbons (Fsp3) is 0.667. The van der Waals surface area contributed by atoms with Gasteiger partial charge in [0, 0.05) is 12.2 Å². The highest BCUT2D eigenvalue weighted by molar-refractivity contribution is 7.80. The number of thiol groups is 1. The van der Waals surface area contributed by atoms with Gasteiger partial charge in [-0.2, -0.15) is 12.6 Å². The molecule has 0 saturated carbocycles. The van der Waals surface area contributed by atoms with Crippen molar-refractivity contribution in [3.63, 3.8) is 0 Å². The Labute approximate surface area is 172 Å². The molecule has 0 aliphatic heterocycles. The van der Waals surface area contributed by atoms with Crippen molar-refractivity contribution >= 4 is 42.2 Å². The molecule has 14 heteroatoms. The van der Waals surface area contributed by atoms with Crippen LogP contribution in [0, 0.1) is 0 Å². The number of carboxylic acid groups (broad SMARTS) is 1. The maximum atomic E-state index is 12.5. The number of rotatable bonds is 13. The van der Waals surface area contributed by atoms with E-state index in [4.69, 9.17) is 21.7 Å². The molecule has 0 spiro atoms. The van der Waals surface area contributed by atoms with Gasteiger partial charge in [0.25, 0.3) is 0 Å². The molecule has 0 bridgehead atoms. The van der Waals surface area contributed by atoms with E-state index < -0.39 is 66.5 Å². The summed E-state index contributed by atoms with van der Waals surface area (Å²) in [6, 6.07) is -5.55. The first kappa shape index (κ1) is 26.6. The van der Waals surface area contributed by atoms with Crippen LogP contribution >= 0.6 is 12.6 Å². The van der Waals surface area contributed by atoms with Crippen molar-refractivity contribution in [1.82, 2.24) is 16.0 Å². The van der Waals surface area contributed by atoms with E-state index in [1.165, 1.54) is 0 Å². The second-order valence-corrected chi connectivity index (χ2v) is 6.53. The minimum absolute atomic E-state index is 0.211. The molecule has 29 heavy (non-hydrogen) atoms. The molecule has 5 unspecified atom stereocenters. The lowest BCUT2D eigenvalue weighted by atomic mass is 10.1. The van der Waals surface area contributed by atoms with Gasteiger partial charge in [0.2, 0.25) is 23.6 Å². The van der Waals surface area contributed by atoms with Gasteiger partial charge < -0.3 is 42.7 Å². The maximum Gasteiger partial charge on any atom is 0.328 e. The minimum Gasteiger partial charge on any atom is -0.480 e. The molecule has 0 aliphatic rings. The first-order valence-electron chi connectivity index (χ1n) is 8.52. The lowest BCUT2D eigenvalue weighted by Gasteiger charge is -2.24. The van der Waals surface area contributed by atoms with E-state index in [-0.39, 0.29) is 18.6 Å². The van der Waals surface area contributed by atoms with Gasteiger partial charge in [-0.1, -0.05) is 0 Å². The number of hydrogen-bond acceptors (Lipinski definition) is 9. The Kier molecular flexibility index (Phi) is 11.8. The minimum atomic E-state index is -1.62. The second-order valence-electron chi connectivity index (χ2n) is 6.16. The summed E-state index contributed by atoms with van der Waals surface area (Å²) in [5.41, 5.74) is 10.4. The second kappa shape index (κ2) is 12.9. The maximum absolute atomic E-state index is 12.5. The van der Waals surface area contributed by atoms with Gasteiger partial charge in [-0.05, 0) is 13.3 Å². The average molecular weight is 437 g/mol. The zero-order valence-electron chi connectivity index (χ0n) is 15.7. The smallest absolute Gasteiger partial charge is 0.328 e. The van der Waals surface area contributed by atoms with E-state index in [1.54, 1.807) is 0 Å². The molecule has 0 rings (SSSR count). The molecule has 0 radical (unpaired) electrons. The van der Waals surface area contributed by atoms with Gasteiger partial charge in [-0.25, -0.2) is 4.79 Å². The molecule has 10 N–H and O–H groups in total. The van der Waals surface area contributed by atoms with Gasteiger partial charge >= 0.3 is 5.97 Å². The van der Waals surface area contributed by atoms with Crippen LogP contribution in [-0.2, 0) is 24.0 Å². The average Bonchev–Trinajstić information content (AvgIpc) is 2.65. The third kappa shape index (κ3) is 9.56. The molecule has 0 aliphatic carbocycles. The first-order valence-corrected chi connectivity index (χ1v) is 9.15. The summed E-state index contributed by atoms with van der Waals surface area (Å²) in [4.78, 5) is 58.6. The molecule has 0 aromatic carbocycles.